The van der Waals surface area contributed by atoms with E-state index in [9.17, 15) is 0 Å². The zero-order valence-corrected chi connectivity index (χ0v) is 8.62. The van der Waals surface area contributed by atoms with E-state index in [0.717, 1.165) is 19.3 Å². The van der Waals surface area contributed by atoms with Crippen molar-refractivity contribution in [2.24, 2.45) is 17.3 Å². The second-order valence-electron chi connectivity index (χ2n) is 4.36. The van der Waals surface area contributed by atoms with E-state index in [1.54, 1.807) is 6.92 Å². The summed E-state index contributed by atoms with van der Waals surface area (Å²) in [5.41, 5.74) is 0.249. The Bertz CT molecular complexity index is 179. The summed E-state index contributed by atoms with van der Waals surface area (Å²) in [6.07, 6.45) is 3.10. The highest BCUT2D eigenvalue weighted by molar-refractivity contribution is 5.03. The van der Waals surface area contributed by atoms with Gasteiger partial charge in [0.05, 0.1) is 0 Å². The Hall–Kier alpha value is -0.120. The summed E-state index contributed by atoms with van der Waals surface area (Å²) in [6.45, 7) is 5.92. The lowest BCUT2D eigenvalue weighted by Crippen LogP contribution is -2.37. The van der Waals surface area contributed by atoms with Crippen molar-refractivity contribution in [3.8, 4) is 0 Å². The fourth-order valence-electron chi connectivity index (χ4n) is 2.42. The molecule has 1 fully saturated rings. The van der Waals surface area contributed by atoms with Crippen LogP contribution in [0.2, 0.25) is 0 Å². The predicted octanol–water partition coefficient (Wildman–Crippen LogP) is 1.08. The highest BCUT2D eigenvalue weighted by atomic mass is 16.7. The SMILES string of the molecule is CCC1(CC)C[C@@H]1[C@H](C)C(O)(O)O. The third-order valence-corrected chi connectivity index (χ3v) is 3.88. The Morgan fingerprint density at radius 3 is 2.00 bits per heavy atom. The molecular weight excluding hydrogens is 168 g/mol. The molecule has 0 spiro atoms. The maximum Gasteiger partial charge on any atom is 0.278 e. The number of rotatable bonds is 4. The van der Waals surface area contributed by atoms with Crippen LogP contribution in [0.25, 0.3) is 0 Å². The van der Waals surface area contributed by atoms with E-state index in [2.05, 4.69) is 13.8 Å². The van der Waals surface area contributed by atoms with E-state index in [0.29, 0.717) is 0 Å². The molecule has 3 nitrogen and oxygen atoms in total. The van der Waals surface area contributed by atoms with Crippen LogP contribution in [0.4, 0.5) is 0 Å². The van der Waals surface area contributed by atoms with E-state index in [4.69, 9.17) is 15.3 Å². The smallest absolute Gasteiger partial charge is 0.278 e. The van der Waals surface area contributed by atoms with Gasteiger partial charge in [-0.2, -0.15) is 0 Å². The van der Waals surface area contributed by atoms with Gasteiger partial charge in [-0.3, -0.25) is 0 Å². The van der Waals surface area contributed by atoms with E-state index >= 15 is 0 Å². The summed E-state index contributed by atoms with van der Waals surface area (Å²) in [4.78, 5) is 0. The number of aliphatic hydroxyl groups is 3. The predicted molar refractivity (Wildman–Crippen MR) is 49.7 cm³/mol. The molecule has 0 heterocycles. The largest absolute Gasteiger partial charge is 0.343 e. The molecule has 2 atom stereocenters. The quantitative estimate of drug-likeness (QED) is 0.578. The Balaban J connectivity index is 2.59. The van der Waals surface area contributed by atoms with Crippen LogP contribution in [0.1, 0.15) is 40.0 Å². The number of hydrogen-bond acceptors (Lipinski definition) is 3. The number of hydrogen-bond donors (Lipinski definition) is 3. The topological polar surface area (TPSA) is 60.7 Å². The minimum absolute atomic E-state index is 0.249. The van der Waals surface area contributed by atoms with Crippen molar-refractivity contribution in [2.75, 3.05) is 0 Å². The lowest BCUT2D eigenvalue weighted by molar-refractivity contribution is -0.343. The molecule has 1 aliphatic rings. The van der Waals surface area contributed by atoms with Gasteiger partial charge in [0.1, 0.15) is 0 Å². The van der Waals surface area contributed by atoms with E-state index < -0.39 is 11.9 Å². The van der Waals surface area contributed by atoms with Crippen molar-refractivity contribution in [3.63, 3.8) is 0 Å². The Morgan fingerprint density at radius 1 is 1.31 bits per heavy atom. The van der Waals surface area contributed by atoms with Crippen LogP contribution in [-0.4, -0.2) is 21.3 Å². The third kappa shape index (κ3) is 1.87. The highest BCUT2D eigenvalue weighted by Gasteiger charge is 2.57. The first kappa shape index (κ1) is 11.0. The monoisotopic (exact) mass is 188 g/mol. The first-order chi connectivity index (χ1) is 5.87. The fraction of sp³-hybridized carbons (Fsp3) is 1.00. The first-order valence-electron chi connectivity index (χ1n) is 5.04. The summed E-state index contributed by atoms with van der Waals surface area (Å²) in [5, 5.41) is 27.1. The van der Waals surface area contributed by atoms with Gasteiger partial charge in [-0.15, -0.1) is 0 Å². The summed E-state index contributed by atoms with van der Waals surface area (Å²) in [6, 6.07) is 0. The van der Waals surface area contributed by atoms with Gasteiger partial charge in [0, 0.05) is 5.92 Å². The highest BCUT2D eigenvalue weighted by Crippen LogP contribution is 2.62. The maximum absolute atomic E-state index is 9.03. The molecule has 3 N–H and O–H groups in total. The molecule has 0 bridgehead atoms. The molecule has 0 unspecified atom stereocenters. The molecule has 0 amide bonds. The van der Waals surface area contributed by atoms with Crippen LogP contribution >= 0.6 is 0 Å². The molecule has 13 heavy (non-hydrogen) atoms. The second-order valence-corrected chi connectivity index (χ2v) is 4.36. The molecule has 0 aromatic carbocycles. The van der Waals surface area contributed by atoms with Crippen LogP contribution < -0.4 is 0 Å². The van der Waals surface area contributed by atoms with Gasteiger partial charge in [-0.05, 0) is 17.8 Å². The molecule has 0 aromatic rings. The summed E-state index contributed by atoms with van der Waals surface area (Å²) in [5.74, 6) is -2.70. The maximum atomic E-state index is 9.03. The van der Waals surface area contributed by atoms with E-state index in [1.807, 2.05) is 0 Å². The van der Waals surface area contributed by atoms with Gasteiger partial charge in [-0.1, -0.05) is 33.6 Å². The van der Waals surface area contributed by atoms with Crippen LogP contribution in [0.15, 0.2) is 0 Å². The lowest BCUT2D eigenvalue weighted by atomic mass is 9.90. The van der Waals surface area contributed by atoms with Gasteiger partial charge >= 0.3 is 0 Å². The van der Waals surface area contributed by atoms with Crippen LogP contribution in [0.5, 0.6) is 0 Å². The van der Waals surface area contributed by atoms with E-state index in [1.165, 1.54) is 0 Å². The summed E-state index contributed by atoms with van der Waals surface area (Å²) >= 11 is 0. The molecule has 0 radical (unpaired) electrons. The van der Waals surface area contributed by atoms with Gasteiger partial charge in [0.25, 0.3) is 5.97 Å². The molecule has 3 heteroatoms. The second kappa shape index (κ2) is 3.23. The molecule has 0 aromatic heterocycles. The molecule has 1 aliphatic carbocycles. The zero-order valence-electron chi connectivity index (χ0n) is 8.62. The zero-order chi connectivity index (χ0) is 10.3. The average molecular weight is 188 g/mol. The minimum Gasteiger partial charge on any atom is -0.343 e. The van der Waals surface area contributed by atoms with Gasteiger partial charge in [0.15, 0.2) is 0 Å². The molecule has 1 rings (SSSR count). The van der Waals surface area contributed by atoms with Gasteiger partial charge in [-0.25, -0.2) is 0 Å². The van der Waals surface area contributed by atoms with Crippen molar-refractivity contribution in [2.45, 2.75) is 46.0 Å². The third-order valence-electron chi connectivity index (χ3n) is 3.88. The molecule has 0 aliphatic heterocycles. The Labute approximate surface area is 79.4 Å². The van der Waals surface area contributed by atoms with Crippen LogP contribution in [0, 0.1) is 17.3 Å². The normalized spacial score (nSPS) is 28.6. The molecular formula is C10H20O3. The molecule has 78 valence electrons. The summed E-state index contributed by atoms with van der Waals surface area (Å²) < 4.78 is 0. The van der Waals surface area contributed by atoms with E-state index in [-0.39, 0.29) is 11.3 Å². The minimum atomic E-state index is -2.50. The van der Waals surface area contributed by atoms with Crippen molar-refractivity contribution in [3.05, 3.63) is 0 Å². The first-order valence-corrected chi connectivity index (χ1v) is 5.04. The average Bonchev–Trinajstić information content (AvgIpc) is 2.76. The summed E-state index contributed by atoms with van der Waals surface area (Å²) in [7, 11) is 0. The molecule has 0 saturated heterocycles. The van der Waals surface area contributed by atoms with Crippen LogP contribution in [0.3, 0.4) is 0 Å². The van der Waals surface area contributed by atoms with Crippen molar-refractivity contribution in [1.29, 1.82) is 0 Å². The van der Waals surface area contributed by atoms with Crippen molar-refractivity contribution >= 4 is 0 Å². The van der Waals surface area contributed by atoms with Gasteiger partial charge in [0.2, 0.25) is 0 Å². The van der Waals surface area contributed by atoms with Crippen LogP contribution in [-0.2, 0) is 0 Å². The van der Waals surface area contributed by atoms with Crippen molar-refractivity contribution < 1.29 is 15.3 Å². The molecule has 1 saturated carbocycles. The fourth-order valence-corrected chi connectivity index (χ4v) is 2.42. The van der Waals surface area contributed by atoms with Gasteiger partial charge < -0.3 is 15.3 Å². The Kier molecular flexibility index (Phi) is 2.72. The Morgan fingerprint density at radius 2 is 1.77 bits per heavy atom. The lowest BCUT2D eigenvalue weighted by Gasteiger charge is -2.25. The standard InChI is InChI=1S/C10H20O3/c1-4-9(5-2)6-8(9)7(3)10(11,12)13/h7-8,11-13H,4-6H2,1-3H3/t7-,8+/m0/s1. The van der Waals surface area contributed by atoms with Crippen molar-refractivity contribution in [1.82, 2.24) is 0 Å².